The van der Waals surface area contributed by atoms with Crippen molar-refractivity contribution >= 4 is 25.2 Å². The van der Waals surface area contributed by atoms with Crippen LogP contribution in [0.3, 0.4) is 0 Å². The number of benzene rings is 2. The number of carbonyl (C=O) groups excluding carboxylic acids is 1. The van der Waals surface area contributed by atoms with Crippen molar-refractivity contribution < 1.29 is 9.18 Å². The molecule has 2 heterocycles. The number of piperidine rings is 1. The number of rotatable bonds is 6. The fourth-order valence-corrected chi connectivity index (χ4v) is 5.29. The Morgan fingerprint density at radius 1 is 1.03 bits per heavy atom. The van der Waals surface area contributed by atoms with E-state index in [0.29, 0.717) is 6.04 Å². The maximum atomic E-state index is 13.1. The molecule has 3 aromatic rings. The zero-order valence-electron chi connectivity index (χ0n) is 18.4. The van der Waals surface area contributed by atoms with Gasteiger partial charge in [-0.3, -0.25) is 9.46 Å². The van der Waals surface area contributed by atoms with E-state index in [0.717, 1.165) is 48.6 Å². The van der Waals surface area contributed by atoms with Crippen LogP contribution in [0.1, 0.15) is 12.8 Å². The Kier molecular flexibility index (Phi) is 7.13. The number of hydrogen-bond acceptors (Lipinski definition) is 4. The fraction of sp³-hybridized carbons (Fsp3) is 0.280. The molecule has 7 heteroatoms. The molecule has 1 amide bonds. The first kappa shape index (κ1) is 22.4. The summed E-state index contributed by atoms with van der Waals surface area (Å²) in [4.78, 5) is 19.6. The van der Waals surface area contributed by atoms with Crippen molar-refractivity contribution in [2.45, 2.75) is 18.9 Å². The summed E-state index contributed by atoms with van der Waals surface area (Å²) in [5.41, 5.74) is 2.75. The van der Waals surface area contributed by atoms with Crippen LogP contribution < -0.4 is 10.2 Å². The first-order chi connectivity index (χ1) is 15.5. The van der Waals surface area contributed by atoms with Crippen molar-refractivity contribution in [3.05, 3.63) is 78.7 Å². The molecule has 1 aliphatic rings. The van der Waals surface area contributed by atoms with Crippen LogP contribution in [0.2, 0.25) is 0 Å². The molecule has 166 valence electrons. The summed E-state index contributed by atoms with van der Waals surface area (Å²) in [6.07, 6.45) is 3.86. The van der Waals surface area contributed by atoms with E-state index in [4.69, 9.17) is 0 Å². The number of carbonyl (C=O) groups is 1. The van der Waals surface area contributed by atoms with Gasteiger partial charge in [0, 0.05) is 31.0 Å². The number of amides is 1. The Morgan fingerprint density at radius 2 is 1.66 bits per heavy atom. The third-order valence-electron chi connectivity index (χ3n) is 6.05. The average Bonchev–Trinajstić information content (AvgIpc) is 2.85. The number of halogens is 1. The minimum Gasteiger partial charge on any atom is -0.357 e. The molecule has 0 aliphatic carbocycles. The molecule has 1 aliphatic heterocycles. The van der Waals surface area contributed by atoms with Gasteiger partial charge in [0.1, 0.15) is 11.6 Å². The van der Waals surface area contributed by atoms with E-state index in [2.05, 4.69) is 26.9 Å². The molecule has 0 spiro atoms. The molecule has 1 unspecified atom stereocenters. The van der Waals surface area contributed by atoms with Gasteiger partial charge in [0.05, 0.1) is 8.07 Å². The second-order valence-corrected chi connectivity index (χ2v) is 10.1. The van der Waals surface area contributed by atoms with Gasteiger partial charge in [0.15, 0.2) is 0 Å². The normalized spacial score (nSPS) is 15.6. The highest BCUT2D eigenvalue weighted by Crippen LogP contribution is 2.40. The molecule has 0 saturated carbocycles. The van der Waals surface area contributed by atoms with Crippen LogP contribution >= 0.6 is 8.07 Å². The first-order valence-electron chi connectivity index (χ1n) is 10.8. The molecule has 5 nitrogen and oxygen atoms in total. The van der Waals surface area contributed by atoms with Crippen LogP contribution in [-0.4, -0.2) is 48.1 Å². The quantitative estimate of drug-likeness (QED) is 0.465. The summed E-state index contributed by atoms with van der Waals surface area (Å²) in [5.74, 6) is 0.773. The van der Waals surface area contributed by atoms with Crippen LogP contribution in [0.25, 0.3) is 11.1 Å². The van der Waals surface area contributed by atoms with E-state index >= 15 is 0 Å². The maximum absolute atomic E-state index is 13.1. The van der Waals surface area contributed by atoms with Crippen LogP contribution in [0, 0.1) is 5.82 Å². The standard InChI is InChI=1S/C25H28FN4OP/c1-29(23-14-17-30(18-15-23)24-5-3-4-16-27-24)32(2)25(31)28-22-12-8-20(9-13-22)19-6-10-21(26)11-7-19/h3-13,16,23H,14-15,17-18H2,1-2H3,(H,28,31). The van der Waals surface area contributed by atoms with E-state index in [1.807, 2.05) is 55.3 Å². The van der Waals surface area contributed by atoms with Gasteiger partial charge in [-0.25, -0.2) is 9.37 Å². The molecule has 1 aromatic heterocycles. The highest BCUT2D eigenvalue weighted by Gasteiger charge is 2.28. The second kappa shape index (κ2) is 10.2. The topological polar surface area (TPSA) is 48.5 Å². The molecular weight excluding hydrogens is 422 g/mol. The Hall–Kier alpha value is -2.82. The predicted molar refractivity (Wildman–Crippen MR) is 131 cm³/mol. The Labute approximate surface area is 190 Å². The van der Waals surface area contributed by atoms with Gasteiger partial charge in [-0.15, -0.1) is 0 Å². The lowest BCUT2D eigenvalue weighted by molar-refractivity contribution is 0.265. The molecule has 2 aromatic carbocycles. The monoisotopic (exact) mass is 450 g/mol. The summed E-state index contributed by atoms with van der Waals surface area (Å²) in [5, 5.41) is 3.05. The molecule has 4 rings (SSSR count). The van der Waals surface area contributed by atoms with E-state index in [1.54, 1.807) is 12.1 Å². The minimum absolute atomic E-state index is 0.0455. The number of anilines is 2. The van der Waals surface area contributed by atoms with Crippen molar-refractivity contribution in [2.75, 3.05) is 37.0 Å². The van der Waals surface area contributed by atoms with Gasteiger partial charge in [-0.05, 0) is 74.1 Å². The number of pyridine rings is 1. The lowest BCUT2D eigenvalue weighted by atomic mass is 10.1. The molecule has 0 radical (unpaired) electrons. The summed E-state index contributed by atoms with van der Waals surface area (Å²) in [6, 6.07) is 20.5. The van der Waals surface area contributed by atoms with Crippen molar-refractivity contribution in [1.82, 2.24) is 9.65 Å². The van der Waals surface area contributed by atoms with Crippen molar-refractivity contribution in [2.24, 2.45) is 0 Å². The first-order valence-corrected chi connectivity index (χ1v) is 12.5. The third kappa shape index (κ3) is 5.32. The number of nitrogens with zero attached hydrogens (tertiary/aromatic N) is 3. The molecule has 32 heavy (non-hydrogen) atoms. The van der Waals surface area contributed by atoms with Gasteiger partial charge >= 0.3 is 0 Å². The van der Waals surface area contributed by atoms with Gasteiger partial charge in [-0.2, -0.15) is 0 Å². The van der Waals surface area contributed by atoms with E-state index < -0.39 is 8.07 Å². The molecule has 1 fully saturated rings. The summed E-state index contributed by atoms with van der Waals surface area (Å²) in [6.45, 7) is 3.91. The van der Waals surface area contributed by atoms with E-state index in [-0.39, 0.29) is 11.5 Å². The molecule has 0 bridgehead atoms. The van der Waals surface area contributed by atoms with Crippen LogP contribution in [0.5, 0.6) is 0 Å². The van der Waals surface area contributed by atoms with Gasteiger partial charge in [0.25, 0.3) is 5.65 Å². The highest BCUT2D eigenvalue weighted by molar-refractivity contribution is 7.72. The SMILES string of the molecule is CN(C1CCN(c2ccccn2)CC1)P(C)C(=O)Nc1ccc(-c2ccc(F)cc2)cc1. The van der Waals surface area contributed by atoms with Crippen LogP contribution in [0.15, 0.2) is 72.9 Å². The average molecular weight is 450 g/mol. The summed E-state index contributed by atoms with van der Waals surface area (Å²) >= 11 is 0. The lowest BCUT2D eigenvalue weighted by Crippen LogP contribution is -2.42. The molecular formula is C25H28FN4OP. The maximum Gasteiger partial charge on any atom is 0.260 e. The van der Waals surface area contributed by atoms with Crippen molar-refractivity contribution in [3.8, 4) is 11.1 Å². The third-order valence-corrected chi connectivity index (χ3v) is 8.02. The molecule has 1 saturated heterocycles. The van der Waals surface area contributed by atoms with E-state index in [1.165, 1.54) is 12.1 Å². The summed E-state index contributed by atoms with van der Waals surface area (Å²) in [7, 11) is 1.09. The highest BCUT2D eigenvalue weighted by atomic mass is 31.1. The summed E-state index contributed by atoms with van der Waals surface area (Å²) < 4.78 is 15.4. The molecule has 1 atom stereocenters. The largest absolute Gasteiger partial charge is 0.357 e. The van der Waals surface area contributed by atoms with E-state index in [9.17, 15) is 9.18 Å². The van der Waals surface area contributed by atoms with Crippen LogP contribution in [0.4, 0.5) is 20.7 Å². The Balaban J connectivity index is 1.31. The fourth-order valence-electron chi connectivity index (χ4n) is 3.99. The zero-order chi connectivity index (χ0) is 22.5. The Morgan fingerprint density at radius 3 is 2.25 bits per heavy atom. The predicted octanol–water partition coefficient (Wildman–Crippen LogP) is 6.05. The number of hydrogen-bond donors (Lipinski definition) is 1. The zero-order valence-corrected chi connectivity index (χ0v) is 19.3. The van der Waals surface area contributed by atoms with Crippen molar-refractivity contribution in [1.29, 1.82) is 0 Å². The van der Waals surface area contributed by atoms with Crippen molar-refractivity contribution in [3.63, 3.8) is 0 Å². The number of aromatic nitrogens is 1. The minimum atomic E-state index is -0.966. The van der Waals surface area contributed by atoms with Gasteiger partial charge in [0.2, 0.25) is 0 Å². The van der Waals surface area contributed by atoms with Crippen LogP contribution in [-0.2, 0) is 0 Å². The van der Waals surface area contributed by atoms with Gasteiger partial charge in [-0.1, -0.05) is 30.3 Å². The second-order valence-electron chi connectivity index (χ2n) is 8.02. The Bertz CT molecular complexity index is 1020. The smallest absolute Gasteiger partial charge is 0.260 e. The lowest BCUT2D eigenvalue weighted by Gasteiger charge is -2.39. The molecule has 1 N–H and O–H groups in total. The van der Waals surface area contributed by atoms with Gasteiger partial charge < -0.3 is 10.2 Å². The number of nitrogens with one attached hydrogen (secondary N) is 1.